The number of hydrogen-bond acceptors (Lipinski definition) is 1. The van der Waals surface area contributed by atoms with E-state index in [2.05, 4.69) is 37.2 Å². The number of hydrogen-bond donors (Lipinski definition) is 1. The quantitative estimate of drug-likeness (QED) is 0.796. The number of carbonyl (C=O) groups excluding carboxylic acids is 1. The van der Waals surface area contributed by atoms with Crippen LogP contribution in [0, 0.1) is 5.41 Å². The first-order valence-corrected chi connectivity index (χ1v) is 7.66. The SMILES string of the molecule is O=C(NCC1(CCBr)CC1)c1cccc(Br)c1. The summed E-state index contributed by atoms with van der Waals surface area (Å²) < 4.78 is 0.937. The minimum atomic E-state index is 0.0205. The zero-order valence-corrected chi connectivity index (χ0v) is 12.7. The van der Waals surface area contributed by atoms with Crippen LogP contribution in [0.15, 0.2) is 28.7 Å². The maximum Gasteiger partial charge on any atom is 0.251 e. The smallest absolute Gasteiger partial charge is 0.251 e. The van der Waals surface area contributed by atoms with Gasteiger partial charge in [0.15, 0.2) is 0 Å². The van der Waals surface area contributed by atoms with Gasteiger partial charge in [-0.1, -0.05) is 37.9 Å². The molecule has 0 atom stereocenters. The molecule has 17 heavy (non-hydrogen) atoms. The molecule has 1 aliphatic rings. The van der Waals surface area contributed by atoms with Crippen LogP contribution in [0.5, 0.6) is 0 Å². The van der Waals surface area contributed by atoms with Crippen molar-refractivity contribution in [2.24, 2.45) is 5.41 Å². The van der Waals surface area contributed by atoms with Crippen LogP contribution in [0.3, 0.4) is 0 Å². The normalized spacial score (nSPS) is 16.6. The van der Waals surface area contributed by atoms with Crippen LogP contribution in [-0.4, -0.2) is 17.8 Å². The van der Waals surface area contributed by atoms with E-state index < -0.39 is 0 Å². The van der Waals surface area contributed by atoms with Gasteiger partial charge in [0.05, 0.1) is 0 Å². The first-order valence-electron chi connectivity index (χ1n) is 5.75. The summed E-state index contributed by atoms with van der Waals surface area (Å²) in [5.74, 6) is 0.0205. The molecule has 0 spiro atoms. The third-order valence-electron chi connectivity index (χ3n) is 3.29. The fourth-order valence-corrected chi connectivity index (χ4v) is 3.13. The Bertz CT molecular complexity index is 416. The third-order valence-corrected chi connectivity index (χ3v) is 4.18. The van der Waals surface area contributed by atoms with Gasteiger partial charge in [0.25, 0.3) is 5.91 Å². The first-order chi connectivity index (χ1) is 8.15. The van der Waals surface area contributed by atoms with Crippen molar-refractivity contribution in [2.45, 2.75) is 19.3 Å². The monoisotopic (exact) mass is 359 g/mol. The summed E-state index contributed by atoms with van der Waals surface area (Å²) in [6.07, 6.45) is 3.61. The predicted octanol–water partition coefficient (Wildman–Crippen LogP) is 3.74. The molecule has 0 unspecified atom stereocenters. The van der Waals surface area contributed by atoms with E-state index >= 15 is 0 Å². The Morgan fingerprint density at radius 3 is 2.76 bits per heavy atom. The van der Waals surface area contributed by atoms with Gasteiger partial charge in [-0.25, -0.2) is 0 Å². The Balaban J connectivity index is 1.90. The molecule has 1 amide bonds. The number of rotatable bonds is 5. The van der Waals surface area contributed by atoms with Gasteiger partial charge in [-0.3, -0.25) is 4.79 Å². The Morgan fingerprint density at radius 2 is 2.18 bits per heavy atom. The highest BCUT2D eigenvalue weighted by molar-refractivity contribution is 9.10. The standard InChI is InChI=1S/C13H15Br2NO/c14-7-6-13(4-5-13)9-16-12(17)10-2-1-3-11(15)8-10/h1-3,8H,4-7,9H2,(H,16,17). The molecule has 0 radical (unpaired) electrons. The molecular formula is C13H15Br2NO. The highest BCUT2D eigenvalue weighted by atomic mass is 79.9. The fourth-order valence-electron chi connectivity index (χ4n) is 1.89. The second-order valence-corrected chi connectivity index (χ2v) is 6.34. The second-order valence-electron chi connectivity index (χ2n) is 4.63. The van der Waals surface area contributed by atoms with Crippen LogP contribution in [0.1, 0.15) is 29.6 Å². The van der Waals surface area contributed by atoms with Crippen molar-refractivity contribution in [3.8, 4) is 0 Å². The van der Waals surface area contributed by atoms with Gasteiger partial charge in [0.2, 0.25) is 0 Å². The minimum absolute atomic E-state index is 0.0205. The van der Waals surface area contributed by atoms with Crippen molar-refractivity contribution >= 4 is 37.8 Å². The predicted molar refractivity (Wildman–Crippen MR) is 76.6 cm³/mol. The van der Waals surface area contributed by atoms with E-state index in [1.807, 2.05) is 24.3 Å². The maximum absolute atomic E-state index is 11.9. The van der Waals surface area contributed by atoms with Crippen molar-refractivity contribution < 1.29 is 4.79 Å². The molecule has 1 aromatic rings. The Morgan fingerprint density at radius 1 is 1.41 bits per heavy atom. The second kappa shape index (κ2) is 5.53. The molecule has 0 aromatic heterocycles. The van der Waals surface area contributed by atoms with Crippen molar-refractivity contribution in [3.05, 3.63) is 34.3 Å². The number of nitrogens with one attached hydrogen (secondary N) is 1. The van der Waals surface area contributed by atoms with Crippen molar-refractivity contribution in [3.63, 3.8) is 0 Å². The zero-order chi connectivity index (χ0) is 12.3. The molecule has 0 heterocycles. The summed E-state index contributed by atoms with van der Waals surface area (Å²) in [7, 11) is 0. The van der Waals surface area contributed by atoms with Crippen molar-refractivity contribution in [1.29, 1.82) is 0 Å². The number of alkyl halides is 1. The Labute approximate surface area is 118 Å². The summed E-state index contributed by atoms with van der Waals surface area (Å²) in [6, 6.07) is 7.48. The van der Waals surface area contributed by atoms with Crippen LogP contribution < -0.4 is 5.32 Å². The van der Waals surface area contributed by atoms with Crippen LogP contribution in [0.25, 0.3) is 0 Å². The van der Waals surface area contributed by atoms with E-state index in [1.54, 1.807) is 0 Å². The lowest BCUT2D eigenvalue weighted by molar-refractivity contribution is 0.0944. The lowest BCUT2D eigenvalue weighted by Gasteiger charge is -2.14. The molecular weight excluding hydrogens is 346 g/mol. The first kappa shape index (κ1) is 13.1. The molecule has 0 saturated heterocycles. The summed E-state index contributed by atoms with van der Waals surface area (Å²) in [5, 5.41) is 4.05. The fraction of sp³-hybridized carbons (Fsp3) is 0.462. The molecule has 1 saturated carbocycles. The summed E-state index contributed by atoms with van der Waals surface area (Å²) >= 11 is 6.84. The van der Waals surface area contributed by atoms with E-state index in [0.29, 0.717) is 11.0 Å². The lowest BCUT2D eigenvalue weighted by Crippen LogP contribution is -2.30. The topological polar surface area (TPSA) is 29.1 Å². The van der Waals surface area contributed by atoms with E-state index in [0.717, 1.165) is 22.8 Å². The molecule has 2 rings (SSSR count). The largest absolute Gasteiger partial charge is 0.351 e. The van der Waals surface area contributed by atoms with Crippen molar-refractivity contribution in [2.75, 3.05) is 11.9 Å². The average Bonchev–Trinajstić information content (AvgIpc) is 3.07. The highest BCUT2D eigenvalue weighted by Gasteiger charge is 2.41. The molecule has 1 N–H and O–H groups in total. The molecule has 0 bridgehead atoms. The zero-order valence-electron chi connectivity index (χ0n) is 9.51. The number of benzene rings is 1. The lowest BCUT2D eigenvalue weighted by atomic mass is 10.0. The number of halogens is 2. The van der Waals surface area contributed by atoms with Gasteiger partial charge in [-0.05, 0) is 42.9 Å². The summed E-state index contributed by atoms with van der Waals surface area (Å²) in [5.41, 5.74) is 1.08. The van der Waals surface area contributed by atoms with Gasteiger partial charge < -0.3 is 5.32 Å². The summed E-state index contributed by atoms with van der Waals surface area (Å²) in [4.78, 5) is 11.9. The number of amides is 1. The van der Waals surface area contributed by atoms with E-state index in [1.165, 1.54) is 12.8 Å². The van der Waals surface area contributed by atoms with Crippen LogP contribution in [0.4, 0.5) is 0 Å². The van der Waals surface area contributed by atoms with Gasteiger partial charge >= 0.3 is 0 Å². The van der Waals surface area contributed by atoms with Crippen LogP contribution in [0.2, 0.25) is 0 Å². The van der Waals surface area contributed by atoms with Gasteiger partial charge in [0.1, 0.15) is 0 Å². The molecule has 0 aliphatic heterocycles. The van der Waals surface area contributed by atoms with Crippen LogP contribution in [-0.2, 0) is 0 Å². The molecule has 4 heteroatoms. The highest BCUT2D eigenvalue weighted by Crippen LogP contribution is 2.48. The molecule has 1 aliphatic carbocycles. The molecule has 92 valence electrons. The van der Waals surface area contributed by atoms with E-state index in [9.17, 15) is 4.79 Å². The molecule has 2 nitrogen and oxygen atoms in total. The minimum Gasteiger partial charge on any atom is -0.351 e. The van der Waals surface area contributed by atoms with E-state index in [4.69, 9.17) is 0 Å². The van der Waals surface area contributed by atoms with Crippen molar-refractivity contribution in [1.82, 2.24) is 5.32 Å². The molecule has 1 fully saturated rings. The molecule has 1 aromatic carbocycles. The average molecular weight is 361 g/mol. The third kappa shape index (κ3) is 3.55. The van der Waals surface area contributed by atoms with Gasteiger partial charge in [0, 0.05) is 21.9 Å². The maximum atomic E-state index is 11.9. The van der Waals surface area contributed by atoms with Crippen LogP contribution >= 0.6 is 31.9 Å². The number of carbonyl (C=O) groups is 1. The Hall–Kier alpha value is -0.350. The Kier molecular flexibility index (Phi) is 4.26. The van der Waals surface area contributed by atoms with Gasteiger partial charge in [-0.15, -0.1) is 0 Å². The van der Waals surface area contributed by atoms with Gasteiger partial charge in [-0.2, -0.15) is 0 Å². The van der Waals surface area contributed by atoms with E-state index in [-0.39, 0.29) is 5.91 Å². The summed E-state index contributed by atoms with van der Waals surface area (Å²) in [6.45, 7) is 0.796.